The molecule has 0 N–H and O–H groups in total. The molecule has 8 heavy (non-hydrogen) atoms. The zero-order valence-electron chi connectivity index (χ0n) is 3.25. The van der Waals surface area contributed by atoms with Gasteiger partial charge in [0.1, 0.15) is 0 Å². The van der Waals surface area contributed by atoms with Gasteiger partial charge in [-0.25, -0.2) is 0 Å². The minimum atomic E-state index is -5.17. The van der Waals surface area contributed by atoms with Gasteiger partial charge in [0, 0.05) is 22.7 Å². The smallest absolute Gasteiger partial charge is 0.759 e. The molecule has 0 atom stereocenters. The predicted octanol–water partition coefficient (Wildman–Crippen LogP) is -2.30. The zero-order chi connectivity index (χ0) is 4.50. The summed E-state index contributed by atoms with van der Waals surface area (Å²) < 4.78 is 34.1. The molecule has 6 nitrogen and oxygen atoms in total. The monoisotopic (exact) mass is 182 g/mol. The van der Waals surface area contributed by atoms with Gasteiger partial charge >= 0.3 is 16.5 Å². The van der Waals surface area contributed by atoms with Crippen molar-refractivity contribution in [2.75, 3.05) is 0 Å². The molecule has 0 amide bonds. The van der Waals surface area contributed by atoms with Crippen molar-refractivity contribution in [2.24, 2.45) is 0 Å². The quantitative estimate of drug-likeness (QED) is 0.236. The molecule has 0 saturated carbocycles. The summed E-state index contributed by atoms with van der Waals surface area (Å²) in [6.45, 7) is 0. The second-order valence-electron chi connectivity index (χ2n) is 0.408. The van der Waals surface area contributed by atoms with E-state index < -0.39 is 10.4 Å². The van der Waals surface area contributed by atoms with Gasteiger partial charge in [-0.15, -0.1) is 0 Å². The molecule has 0 aliphatic rings. The summed E-state index contributed by atoms with van der Waals surface area (Å²) in [6.07, 6.45) is 0. The van der Waals surface area contributed by atoms with Crippen LogP contribution in [-0.2, 0) is 26.9 Å². The van der Waals surface area contributed by atoms with Crippen LogP contribution in [0.3, 0.4) is 0 Å². The van der Waals surface area contributed by atoms with Gasteiger partial charge in [-0.1, -0.05) is 0 Å². The maximum atomic E-state index is 8.52. The van der Waals surface area contributed by atoms with Crippen LogP contribution in [0.5, 0.6) is 0 Å². The summed E-state index contributed by atoms with van der Waals surface area (Å²) in [5.41, 5.74) is 0. The number of rotatable bonds is 0. The zero-order valence-corrected chi connectivity index (χ0v) is 5.06. The van der Waals surface area contributed by atoms with Gasteiger partial charge in [0.2, 0.25) is 0 Å². The molecule has 0 fully saturated rings. The van der Waals surface area contributed by atoms with Crippen molar-refractivity contribution >= 4 is 10.4 Å². The van der Waals surface area contributed by atoms with Crippen molar-refractivity contribution < 1.29 is 34.0 Å². The van der Waals surface area contributed by atoms with Crippen molar-refractivity contribution in [1.82, 2.24) is 12.3 Å². The van der Waals surface area contributed by atoms with E-state index in [2.05, 4.69) is 0 Å². The van der Waals surface area contributed by atoms with Crippen LogP contribution >= 0.6 is 0 Å². The minimum absolute atomic E-state index is 0. The average molecular weight is 183 g/mol. The standard InChI is InChI=1S/2N.Ni.H2O4S/c;;;1-5(2,3)4/h;;;(H2,1,2,3,4)/q;;+2;/p-2. The van der Waals surface area contributed by atoms with Crippen molar-refractivity contribution in [3.05, 3.63) is 0 Å². The van der Waals surface area contributed by atoms with E-state index in [0.29, 0.717) is 0 Å². The van der Waals surface area contributed by atoms with E-state index in [-0.39, 0.29) is 28.8 Å². The molecule has 8 heteroatoms. The first-order valence-corrected chi connectivity index (χ1v) is 2.00. The second-order valence-corrected chi connectivity index (χ2v) is 1.22. The van der Waals surface area contributed by atoms with E-state index in [9.17, 15) is 0 Å². The molecule has 50 valence electrons. The topological polar surface area (TPSA) is 141 Å². The van der Waals surface area contributed by atoms with Gasteiger partial charge in [-0.05, 0) is 0 Å². The van der Waals surface area contributed by atoms with Gasteiger partial charge in [-0.2, -0.15) is 0 Å². The van der Waals surface area contributed by atoms with Gasteiger partial charge in [0.15, 0.2) is 0 Å². The first-order chi connectivity index (χ1) is 2.00. The molecule has 0 heterocycles. The van der Waals surface area contributed by atoms with Crippen molar-refractivity contribution in [3.8, 4) is 0 Å². The van der Waals surface area contributed by atoms with Crippen LogP contribution in [0.2, 0.25) is 0 Å². The molecule has 0 aromatic heterocycles. The van der Waals surface area contributed by atoms with Crippen LogP contribution in [0.25, 0.3) is 0 Å². The fraction of sp³-hybridized carbons (Fsp3) is 0. The van der Waals surface area contributed by atoms with Crippen LogP contribution in [0.15, 0.2) is 0 Å². The van der Waals surface area contributed by atoms with E-state index in [1.165, 1.54) is 0 Å². The van der Waals surface area contributed by atoms with Crippen molar-refractivity contribution in [1.29, 1.82) is 0 Å². The average Bonchev–Trinajstić information content (AvgIpc) is 0.722. The van der Waals surface area contributed by atoms with Crippen LogP contribution in [0.4, 0.5) is 0 Å². The van der Waals surface area contributed by atoms with Crippen LogP contribution in [0.1, 0.15) is 0 Å². The molecule has 0 aliphatic carbocycles. The van der Waals surface area contributed by atoms with Crippen molar-refractivity contribution in [3.63, 3.8) is 0 Å². The second kappa shape index (κ2) is 7.28. The SMILES string of the molecule is O=S(=O)([O-])[O-].[N].[N].[Ni+2]. The summed E-state index contributed by atoms with van der Waals surface area (Å²) in [5.74, 6) is 0. The fourth-order valence-electron chi connectivity index (χ4n) is 0. The summed E-state index contributed by atoms with van der Waals surface area (Å²) in [4.78, 5) is 0. The molecule has 0 aromatic rings. The third-order valence-electron chi connectivity index (χ3n) is 0. The van der Waals surface area contributed by atoms with Crippen molar-refractivity contribution in [2.45, 2.75) is 0 Å². The summed E-state index contributed by atoms with van der Waals surface area (Å²) >= 11 is 0. The summed E-state index contributed by atoms with van der Waals surface area (Å²) in [5, 5.41) is 0. The fourth-order valence-corrected chi connectivity index (χ4v) is 0. The van der Waals surface area contributed by atoms with E-state index in [1.807, 2.05) is 0 Å². The minimum Gasteiger partial charge on any atom is -0.759 e. The van der Waals surface area contributed by atoms with Gasteiger partial charge in [-0.3, -0.25) is 8.42 Å². The normalized spacial score (nSPS) is 7.25. The maximum Gasteiger partial charge on any atom is 2.00 e. The molecular weight excluding hydrogens is 183 g/mol. The van der Waals surface area contributed by atoms with E-state index in [0.717, 1.165) is 0 Å². The molecule has 0 bridgehead atoms. The Hall–Kier alpha value is 0.284. The molecule has 0 spiro atoms. The molecule has 0 rings (SSSR count). The van der Waals surface area contributed by atoms with Crippen LogP contribution in [-0.4, -0.2) is 17.5 Å². The third-order valence-corrected chi connectivity index (χ3v) is 0. The molecular formula is N2NiO4S. The molecule has 0 aliphatic heterocycles. The molecule has 0 aromatic carbocycles. The molecule has 0 saturated heterocycles. The van der Waals surface area contributed by atoms with Crippen LogP contribution < -0.4 is 12.3 Å². The first-order valence-electron chi connectivity index (χ1n) is 0.667. The van der Waals surface area contributed by atoms with E-state index in [4.69, 9.17) is 17.5 Å². The Morgan fingerprint density at radius 1 is 1.00 bits per heavy atom. The Kier molecular flexibility index (Phi) is 21.8. The van der Waals surface area contributed by atoms with Gasteiger partial charge in [0.05, 0.1) is 0 Å². The Morgan fingerprint density at radius 2 is 1.00 bits per heavy atom. The molecule has 0 unspecified atom stereocenters. The third kappa shape index (κ3) is 2180. The number of nitrogens with zero attached hydrogens (tertiary/aromatic N) is 2. The first kappa shape index (κ1) is 23.9. The summed E-state index contributed by atoms with van der Waals surface area (Å²) in [6, 6.07) is 0. The van der Waals surface area contributed by atoms with Gasteiger partial charge < -0.3 is 9.11 Å². The van der Waals surface area contributed by atoms with Gasteiger partial charge in [0.25, 0.3) is 0 Å². The predicted molar refractivity (Wildman–Crippen MR) is 14.7 cm³/mol. The molecule has 6 radical (unpaired) electrons. The Morgan fingerprint density at radius 3 is 1.00 bits per heavy atom. The largest absolute Gasteiger partial charge is 2.00 e. The Labute approximate surface area is 57.3 Å². The van der Waals surface area contributed by atoms with E-state index in [1.54, 1.807) is 0 Å². The maximum absolute atomic E-state index is 8.52. The summed E-state index contributed by atoms with van der Waals surface area (Å²) in [7, 11) is -5.17. The number of hydrogen-bond donors (Lipinski definition) is 0. The van der Waals surface area contributed by atoms with E-state index >= 15 is 0 Å². The Balaban J connectivity index is -0.0000000267. The Bertz CT molecular complexity index is 97.2. The van der Waals surface area contributed by atoms with Crippen LogP contribution in [0, 0.1) is 0 Å². The number of hydrogen-bond acceptors (Lipinski definition) is 4.